The molecule has 2 aromatic rings. The number of fused-ring (bicyclic) bond motifs is 1. The second-order valence-corrected chi connectivity index (χ2v) is 5.78. The zero-order chi connectivity index (χ0) is 14.7. The van der Waals surface area contributed by atoms with Crippen LogP contribution >= 0.6 is 15.9 Å². The number of hydrogen-bond acceptors (Lipinski definition) is 5. The van der Waals surface area contributed by atoms with E-state index >= 15 is 0 Å². The number of carbonyl (C=O) groups is 1. The molecule has 0 radical (unpaired) electrons. The van der Waals surface area contributed by atoms with Crippen LogP contribution in [0.15, 0.2) is 29.0 Å². The van der Waals surface area contributed by atoms with Crippen molar-refractivity contribution in [3.05, 3.63) is 29.0 Å². The minimum absolute atomic E-state index is 0.110. The van der Waals surface area contributed by atoms with Gasteiger partial charge in [0.2, 0.25) is 5.91 Å². The molecular formula is C14H16BrN5O. The summed E-state index contributed by atoms with van der Waals surface area (Å²) in [5, 5.41) is 6.41. The molecule has 1 saturated heterocycles. The van der Waals surface area contributed by atoms with Crippen molar-refractivity contribution in [1.82, 2.24) is 20.2 Å². The SMILES string of the molecule is O=C(CNc1ccnc2cc(Br)cnc12)N1CCNCC1. The number of nitrogens with one attached hydrogen (secondary N) is 2. The Kier molecular flexibility index (Phi) is 4.31. The Morgan fingerprint density at radius 1 is 1.38 bits per heavy atom. The number of hydrogen-bond donors (Lipinski definition) is 2. The molecule has 2 aromatic heterocycles. The summed E-state index contributed by atoms with van der Waals surface area (Å²) in [6.07, 6.45) is 3.45. The lowest BCUT2D eigenvalue weighted by Crippen LogP contribution is -2.48. The van der Waals surface area contributed by atoms with Crippen molar-refractivity contribution in [3.8, 4) is 0 Å². The van der Waals surface area contributed by atoms with Crippen LogP contribution in [0.4, 0.5) is 5.69 Å². The maximum atomic E-state index is 12.2. The van der Waals surface area contributed by atoms with E-state index < -0.39 is 0 Å². The molecule has 1 aliphatic rings. The maximum Gasteiger partial charge on any atom is 0.241 e. The van der Waals surface area contributed by atoms with Gasteiger partial charge in [-0.2, -0.15) is 0 Å². The van der Waals surface area contributed by atoms with E-state index in [2.05, 4.69) is 36.5 Å². The van der Waals surface area contributed by atoms with Gasteiger partial charge < -0.3 is 15.5 Å². The molecule has 1 fully saturated rings. The summed E-state index contributed by atoms with van der Waals surface area (Å²) >= 11 is 3.38. The first-order valence-electron chi connectivity index (χ1n) is 6.87. The summed E-state index contributed by atoms with van der Waals surface area (Å²) in [7, 11) is 0. The van der Waals surface area contributed by atoms with Crippen LogP contribution in [-0.2, 0) is 4.79 Å². The molecular weight excluding hydrogens is 334 g/mol. The average molecular weight is 350 g/mol. The standard InChI is InChI=1S/C14H16BrN5O/c15-10-7-12-14(19-8-10)11(1-2-17-12)18-9-13(21)20-5-3-16-4-6-20/h1-2,7-8,16H,3-6,9H2,(H,17,18). The zero-order valence-electron chi connectivity index (χ0n) is 11.5. The van der Waals surface area contributed by atoms with E-state index in [1.807, 2.05) is 17.0 Å². The van der Waals surface area contributed by atoms with E-state index in [9.17, 15) is 4.79 Å². The third-order valence-corrected chi connectivity index (χ3v) is 3.88. The summed E-state index contributed by atoms with van der Waals surface area (Å²) in [5.41, 5.74) is 2.40. The van der Waals surface area contributed by atoms with Crippen LogP contribution in [0, 0.1) is 0 Å². The first-order valence-corrected chi connectivity index (χ1v) is 7.66. The molecule has 1 aliphatic heterocycles. The molecule has 0 spiro atoms. The molecule has 0 aliphatic carbocycles. The van der Waals surface area contributed by atoms with E-state index in [1.54, 1.807) is 12.4 Å². The molecule has 2 N–H and O–H groups in total. The van der Waals surface area contributed by atoms with Crippen LogP contribution in [0.5, 0.6) is 0 Å². The Balaban J connectivity index is 1.71. The lowest BCUT2D eigenvalue weighted by atomic mass is 10.2. The molecule has 3 heterocycles. The first-order chi connectivity index (χ1) is 10.2. The van der Waals surface area contributed by atoms with E-state index in [0.29, 0.717) is 0 Å². The number of piperazine rings is 1. The van der Waals surface area contributed by atoms with Gasteiger partial charge in [0.15, 0.2) is 0 Å². The smallest absolute Gasteiger partial charge is 0.241 e. The summed E-state index contributed by atoms with van der Waals surface area (Å²) < 4.78 is 0.886. The first kappa shape index (κ1) is 14.2. The van der Waals surface area contributed by atoms with Crippen LogP contribution in [0.2, 0.25) is 0 Å². The van der Waals surface area contributed by atoms with E-state index in [0.717, 1.165) is 47.4 Å². The van der Waals surface area contributed by atoms with Crippen LogP contribution in [0.1, 0.15) is 0 Å². The fourth-order valence-corrected chi connectivity index (χ4v) is 2.66. The van der Waals surface area contributed by atoms with Crippen LogP contribution in [-0.4, -0.2) is 53.5 Å². The minimum Gasteiger partial charge on any atom is -0.374 e. The van der Waals surface area contributed by atoms with Gasteiger partial charge in [-0.15, -0.1) is 0 Å². The highest BCUT2D eigenvalue weighted by Gasteiger charge is 2.16. The zero-order valence-corrected chi connectivity index (χ0v) is 13.1. The van der Waals surface area contributed by atoms with E-state index in [-0.39, 0.29) is 12.5 Å². The highest BCUT2D eigenvalue weighted by molar-refractivity contribution is 9.10. The third kappa shape index (κ3) is 3.30. The van der Waals surface area contributed by atoms with Crippen molar-refractivity contribution in [2.45, 2.75) is 0 Å². The maximum absolute atomic E-state index is 12.2. The van der Waals surface area contributed by atoms with Gasteiger partial charge in [-0.1, -0.05) is 0 Å². The summed E-state index contributed by atoms with van der Waals surface area (Å²) in [5.74, 6) is 0.110. The van der Waals surface area contributed by atoms with Gasteiger partial charge in [-0.05, 0) is 28.1 Å². The number of carbonyl (C=O) groups excluding carboxylic acids is 1. The van der Waals surface area contributed by atoms with Gasteiger partial charge in [-0.25, -0.2) is 0 Å². The largest absolute Gasteiger partial charge is 0.374 e. The molecule has 0 atom stereocenters. The van der Waals surface area contributed by atoms with Crippen LogP contribution < -0.4 is 10.6 Å². The monoisotopic (exact) mass is 349 g/mol. The molecule has 0 bridgehead atoms. The van der Waals surface area contributed by atoms with Gasteiger partial charge in [0.25, 0.3) is 0 Å². The number of aromatic nitrogens is 2. The second kappa shape index (κ2) is 6.36. The number of halogens is 1. The van der Waals surface area contributed by atoms with Gasteiger partial charge in [0, 0.05) is 43.0 Å². The van der Waals surface area contributed by atoms with Gasteiger partial charge in [0.1, 0.15) is 5.52 Å². The second-order valence-electron chi connectivity index (χ2n) is 4.86. The summed E-state index contributed by atoms with van der Waals surface area (Å²) in [6.45, 7) is 3.53. The Morgan fingerprint density at radius 3 is 3.00 bits per heavy atom. The quantitative estimate of drug-likeness (QED) is 0.872. The van der Waals surface area contributed by atoms with Crippen molar-refractivity contribution >= 4 is 38.6 Å². The van der Waals surface area contributed by atoms with E-state index in [1.165, 1.54) is 0 Å². The van der Waals surface area contributed by atoms with Crippen LogP contribution in [0.25, 0.3) is 11.0 Å². The lowest BCUT2D eigenvalue weighted by molar-refractivity contribution is -0.129. The predicted octanol–water partition coefficient (Wildman–Crippen LogP) is 1.24. The molecule has 1 amide bonds. The molecule has 110 valence electrons. The van der Waals surface area contributed by atoms with Crippen molar-refractivity contribution in [3.63, 3.8) is 0 Å². The molecule has 3 rings (SSSR count). The van der Waals surface area contributed by atoms with Gasteiger partial charge in [0.05, 0.1) is 17.7 Å². The van der Waals surface area contributed by atoms with Crippen molar-refractivity contribution in [1.29, 1.82) is 0 Å². The molecule has 7 heteroatoms. The normalized spacial score (nSPS) is 15.2. The number of amides is 1. The average Bonchev–Trinajstić information content (AvgIpc) is 2.53. The lowest BCUT2D eigenvalue weighted by Gasteiger charge is -2.27. The van der Waals surface area contributed by atoms with Crippen LogP contribution in [0.3, 0.4) is 0 Å². The highest BCUT2D eigenvalue weighted by Crippen LogP contribution is 2.21. The molecule has 0 unspecified atom stereocenters. The van der Waals surface area contributed by atoms with Gasteiger partial charge >= 0.3 is 0 Å². The minimum atomic E-state index is 0.110. The molecule has 21 heavy (non-hydrogen) atoms. The summed E-state index contributed by atoms with van der Waals surface area (Å²) in [6, 6.07) is 3.75. The Labute approximate surface area is 131 Å². The number of nitrogens with zero attached hydrogens (tertiary/aromatic N) is 3. The molecule has 6 nitrogen and oxygen atoms in total. The topological polar surface area (TPSA) is 70.2 Å². The highest BCUT2D eigenvalue weighted by atomic mass is 79.9. The summed E-state index contributed by atoms with van der Waals surface area (Å²) in [4.78, 5) is 22.7. The molecule has 0 saturated carbocycles. The third-order valence-electron chi connectivity index (χ3n) is 3.44. The Hall–Kier alpha value is -1.73. The Bertz CT molecular complexity index is 657. The van der Waals surface area contributed by atoms with Crippen molar-refractivity contribution in [2.75, 3.05) is 38.0 Å². The fourth-order valence-electron chi connectivity index (χ4n) is 2.35. The van der Waals surface area contributed by atoms with Gasteiger partial charge in [-0.3, -0.25) is 14.8 Å². The number of pyridine rings is 2. The number of rotatable bonds is 3. The fraction of sp³-hybridized carbons (Fsp3) is 0.357. The van der Waals surface area contributed by atoms with Crippen molar-refractivity contribution in [2.24, 2.45) is 0 Å². The molecule has 0 aromatic carbocycles. The Morgan fingerprint density at radius 2 is 2.19 bits per heavy atom. The van der Waals surface area contributed by atoms with E-state index in [4.69, 9.17) is 0 Å². The van der Waals surface area contributed by atoms with Crippen molar-refractivity contribution < 1.29 is 4.79 Å². The number of anilines is 1. The predicted molar refractivity (Wildman–Crippen MR) is 85.2 cm³/mol.